The number of carbonyl (C=O) groups is 4. The summed E-state index contributed by atoms with van der Waals surface area (Å²) < 4.78 is 4.95. The Morgan fingerprint density at radius 2 is 1.96 bits per heavy atom. The SMILES string of the molecule is CCN(CC)C(=O)COC(=O)CN1C(=O)NC2(CCCCC2C)C1=O. The number of urea groups is 1. The minimum atomic E-state index is -0.896. The fourth-order valence-electron chi connectivity index (χ4n) is 3.62. The first kappa shape index (κ1) is 19.2. The molecule has 0 bridgehead atoms. The minimum Gasteiger partial charge on any atom is -0.454 e. The van der Waals surface area contributed by atoms with E-state index in [2.05, 4.69) is 5.32 Å². The van der Waals surface area contributed by atoms with Gasteiger partial charge in [0.25, 0.3) is 11.8 Å². The monoisotopic (exact) mass is 353 g/mol. The van der Waals surface area contributed by atoms with E-state index in [4.69, 9.17) is 4.74 Å². The van der Waals surface area contributed by atoms with Crippen LogP contribution in [0.4, 0.5) is 4.79 Å². The Hall–Kier alpha value is -2.12. The lowest BCUT2D eigenvalue weighted by atomic mass is 9.73. The van der Waals surface area contributed by atoms with Crippen LogP contribution in [0.15, 0.2) is 0 Å². The fourth-order valence-corrected chi connectivity index (χ4v) is 3.62. The molecule has 1 aliphatic carbocycles. The summed E-state index contributed by atoms with van der Waals surface area (Å²) in [5.41, 5.74) is -0.896. The van der Waals surface area contributed by atoms with E-state index in [-0.39, 0.29) is 24.3 Å². The van der Waals surface area contributed by atoms with Gasteiger partial charge >= 0.3 is 12.0 Å². The molecule has 1 N–H and O–H groups in total. The minimum absolute atomic E-state index is 0.0305. The molecule has 8 nitrogen and oxygen atoms in total. The Morgan fingerprint density at radius 3 is 2.56 bits per heavy atom. The van der Waals surface area contributed by atoms with E-state index < -0.39 is 24.1 Å². The molecule has 1 saturated carbocycles. The number of imide groups is 1. The van der Waals surface area contributed by atoms with E-state index in [1.165, 1.54) is 0 Å². The van der Waals surface area contributed by atoms with Gasteiger partial charge in [0.05, 0.1) is 0 Å². The molecule has 1 aliphatic heterocycles. The second-order valence-electron chi connectivity index (χ2n) is 6.67. The van der Waals surface area contributed by atoms with Crippen molar-refractivity contribution in [2.75, 3.05) is 26.2 Å². The van der Waals surface area contributed by atoms with Crippen LogP contribution in [0, 0.1) is 5.92 Å². The van der Waals surface area contributed by atoms with Gasteiger partial charge in [-0.3, -0.25) is 19.3 Å². The average Bonchev–Trinajstić information content (AvgIpc) is 2.82. The molecule has 4 amide bonds. The second kappa shape index (κ2) is 7.84. The molecule has 1 heterocycles. The molecule has 0 radical (unpaired) electrons. The number of esters is 1. The third-order valence-electron chi connectivity index (χ3n) is 5.26. The molecule has 140 valence electrons. The number of rotatable bonds is 6. The van der Waals surface area contributed by atoms with Crippen LogP contribution in [0.5, 0.6) is 0 Å². The summed E-state index contributed by atoms with van der Waals surface area (Å²) in [5, 5.41) is 2.78. The first-order valence-corrected chi connectivity index (χ1v) is 8.93. The molecule has 2 unspecified atom stereocenters. The number of likely N-dealkylation sites (N-methyl/N-ethyl adjacent to an activating group) is 1. The zero-order valence-corrected chi connectivity index (χ0v) is 15.2. The van der Waals surface area contributed by atoms with E-state index in [9.17, 15) is 19.2 Å². The van der Waals surface area contributed by atoms with Gasteiger partial charge in [0.1, 0.15) is 12.1 Å². The van der Waals surface area contributed by atoms with E-state index in [1.807, 2.05) is 20.8 Å². The number of carbonyl (C=O) groups excluding carboxylic acids is 4. The number of nitrogens with one attached hydrogen (secondary N) is 1. The molecule has 2 aliphatic rings. The molecule has 2 rings (SSSR count). The van der Waals surface area contributed by atoms with Crippen molar-refractivity contribution < 1.29 is 23.9 Å². The van der Waals surface area contributed by atoms with Crippen LogP contribution in [-0.4, -0.2) is 65.4 Å². The highest BCUT2D eigenvalue weighted by Gasteiger charge is 2.55. The van der Waals surface area contributed by atoms with E-state index in [0.717, 1.165) is 24.2 Å². The summed E-state index contributed by atoms with van der Waals surface area (Å²) in [7, 11) is 0. The van der Waals surface area contributed by atoms with Gasteiger partial charge in [0.2, 0.25) is 0 Å². The first-order chi connectivity index (χ1) is 11.9. The molecular formula is C17H27N3O5. The Morgan fingerprint density at radius 1 is 1.28 bits per heavy atom. The highest BCUT2D eigenvalue weighted by atomic mass is 16.5. The van der Waals surface area contributed by atoms with Crippen LogP contribution in [0.25, 0.3) is 0 Å². The van der Waals surface area contributed by atoms with Crippen molar-refractivity contribution in [2.45, 2.75) is 52.0 Å². The quantitative estimate of drug-likeness (QED) is 0.565. The van der Waals surface area contributed by atoms with Crippen molar-refractivity contribution in [3.8, 4) is 0 Å². The summed E-state index contributed by atoms with van der Waals surface area (Å²) in [5.74, 6) is -1.39. The van der Waals surface area contributed by atoms with Gasteiger partial charge in [-0.2, -0.15) is 0 Å². The topological polar surface area (TPSA) is 96.0 Å². The largest absolute Gasteiger partial charge is 0.454 e. The smallest absolute Gasteiger partial charge is 0.326 e. The predicted octanol–water partition coefficient (Wildman–Crippen LogP) is 0.899. The van der Waals surface area contributed by atoms with Crippen LogP contribution in [-0.2, 0) is 19.1 Å². The molecule has 2 fully saturated rings. The fraction of sp³-hybridized carbons (Fsp3) is 0.765. The van der Waals surface area contributed by atoms with E-state index >= 15 is 0 Å². The van der Waals surface area contributed by atoms with Crippen molar-refractivity contribution in [3.63, 3.8) is 0 Å². The lowest BCUT2D eigenvalue weighted by molar-refractivity contribution is -0.154. The number of nitrogens with zero attached hydrogens (tertiary/aromatic N) is 2. The van der Waals surface area contributed by atoms with Gasteiger partial charge in [-0.1, -0.05) is 19.8 Å². The molecule has 0 aromatic carbocycles. The zero-order chi connectivity index (χ0) is 18.6. The highest BCUT2D eigenvalue weighted by molar-refractivity contribution is 6.09. The number of hydrogen-bond acceptors (Lipinski definition) is 5. The lowest BCUT2D eigenvalue weighted by Crippen LogP contribution is -2.54. The Labute approximate surface area is 147 Å². The highest BCUT2D eigenvalue weighted by Crippen LogP contribution is 2.38. The van der Waals surface area contributed by atoms with E-state index in [1.54, 1.807) is 4.90 Å². The average molecular weight is 353 g/mol. The summed E-state index contributed by atoms with van der Waals surface area (Å²) in [6.07, 6.45) is 3.35. The van der Waals surface area contributed by atoms with Crippen LogP contribution in [0.1, 0.15) is 46.5 Å². The van der Waals surface area contributed by atoms with Gasteiger partial charge in [0, 0.05) is 13.1 Å². The van der Waals surface area contributed by atoms with Crippen LogP contribution in [0.3, 0.4) is 0 Å². The third kappa shape index (κ3) is 3.77. The molecular weight excluding hydrogens is 326 g/mol. The van der Waals surface area contributed by atoms with Crippen LogP contribution >= 0.6 is 0 Å². The maximum absolute atomic E-state index is 12.7. The molecule has 0 aromatic heterocycles. The van der Waals surface area contributed by atoms with Crippen molar-refractivity contribution in [2.24, 2.45) is 5.92 Å². The maximum atomic E-state index is 12.7. The van der Waals surface area contributed by atoms with Crippen molar-refractivity contribution in [1.82, 2.24) is 15.1 Å². The third-order valence-corrected chi connectivity index (χ3v) is 5.26. The number of ether oxygens (including phenoxy) is 1. The van der Waals surface area contributed by atoms with Crippen molar-refractivity contribution >= 4 is 23.8 Å². The Kier molecular flexibility index (Phi) is 6.02. The van der Waals surface area contributed by atoms with Crippen LogP contribution in [0.2, 0.25) is 0 Å². The van der Waals surface area contributed by atoms with E-state index in [0.29, 0.717) is 19.5 Å². The summed E-state index contributed by atoms with van der Waals surface area (Å²) >= 11 is 0. The van der Waals surface area contributed by atoms with Gasteiger partial charge < -0.3 is 15.0 Å². The van der Waals surface area contributed by atoms with Crippen molar-refractivity contribution in [3.05, 3.63) is 0 Å². The normalized spacial score (nSPS) is 25.9. The summed E-state index contributed by atoms with van der Waals surface area (Å²) in [6, 6.07) is -0.564. The molecule has 0 aromatic rings. The summed E-state index contributed by atoms with van der Waals surface area (Å²) in [6.45, 7) is 5.82. The van der Waals surface area contributed by atoms with Crippen molar-refractivity contribution in [1.29, 1.82) is 0 Å². The number of hydrogen-bond donors (Lipinski definition) is 1. The number of amides is 4. The lowest BCUT2D eigenvalue weighted by Gasteiger charge is -2.36. The molecule has 25 heavy (non-hydrogen) atoms. The molecule has 2 atom stereocenters. The van der Waals surface area contributed by atoms with Gasteiger partial charge in [0.15, 0.2) is 6.61 Å². The zero-order valence-electron chi connectivity index (χ0n) is 15.2. The predicted molar refractivity (Wildman–Crippen MR) is 89.5 cm³/mol. The molecule has 8 heteroatoms. The Balaban J connectivity index is 1.94. The van der Waals surface area contributed by atoms with Crippen LogP contribution < -0.4 is 5.32 Å². The second-order valence-corrected chi connectivity index (χ2v) is 6.67. The standard InChI is InChI=1S/C17H27N3O5/c1-4-19(5-2)13(21)11-25-14(22)10-20-15(23)17(18-16(20)24)9-7-6-8-12(17)3/h12H,4-11H2,1-3H3,(H,18,24). The maximum Gasteiger partial charge on any atom is 0.326 e. The Bertz CT molecular complexity index is 560. The molecule has 1 spiro atoms. The van der Waals surface area contributed by atoms with Gasteiger partial charge in [-0.25, -0.2) is 4.79 Å². The summed E-state index contributed by atoms with van der Waals surface area (Å²) in [4.78, 5) is 51.2. The first-order valence-electron chi connectivity index (χ1n) is 8.93. The van der Waals surface area contributed by atoms with Gasteiger partial charge in [-0.15, -0.1) is 0 Å². The van der Waals surface area contributed by atoms with Gasteiger partial charge in [-0.05, 0) is 32.6 Å². The molecule has 1 saturated heterocycles.